The van der Waals surface area contributed by atoms with Gasteiger partial charge in [0.2, 0.25) is 0 Å². The molecule has 1 aromatic carbocycles. The number of unbranched alkanes of at least 4 members (excludes halogenated alkanes) is 1. The number of carbonyl (C=O) groups excluding carboxylic acids is 1. The van der Waals surface area contributed by atoms with Crippen LogP contribution in [-0.4, -0.2) is 25.6 Å². The van der Waals surface area contributed by atoms with Crippen LogP contribution in [0, 0.1) is 0 Å². The molecule has 0 aliphatic rings. The van der Waals surface area contributed by atoms with E-state index in [0.717, 1.165) is 24.8 Å². The summed E-state index contributed by atoms with van der Waals surface area (Å²) in [5.41, 5.74) is 7.33. The minimum absolute atomic E-state index is 0.0542. The number of nitrogens with two attached hydrogens (primary N) is 1. The fraction of sp³-hybridized carbons (Fsp3) is 0.533. The molecule has 0 aliphatic carbocycles. The maximum atomic E-state index is 12.1. The van der Waals surface area contributed by atoms with Gasteiger partial charge in [-0.3, -0.25) is 4.79 Å². The standard InChI is InChI=1S/C15H24N2O2/c1-3-4-8-14(10-16)17-15(18)13-7-5-6-12(9-13)11-19-2/h5-7,9,14H,3-4,8,10-11,16H2,1-2H3,(H,17,18). The van der Waals surface area contributed by atoms with Crippen LogP contribution in [0.1, 0.15) is 42.1 Å². The van der Waals surface area contributed by atoms with E-state index in [1.165, 1.54) is 0 Å². The van der Waals surface area contributed by atoms with E-state index >= 15 is 0 Å². The summed E-state index contributed by atoms with van der Waals surface area (Å²) < 4.78 is 5.07. The lowest BCUT2D eigenvalue weighted by Gasteiger charge is -2.16. The molecular weight excluding hydrogens is 240 g/mol. The zero-order valence-electron chi connectivity index (χ0n) is 11.8. The first-order valence-electron chi connectivity index (χ1n) is 6.80. The van der Waals surface area contributed by atoms with Crippen LogP contribution in [0.15, 0.2) is 24.3 Å². The summed E-state index contributed by atoms with van der Waals surface area (Å²) in [6.45, 7) is 3.12. The summed E-state index contributed by atoms with van der Waals surface area (Å²) in [5, 5.41) is 2.98. The lowest BCUT2D eigenvalue weighted by atomic mass is 10.1. The van der Waals surface area contributed by atoms with Gasteiger partial charge in [-0.05, 0) is 24.1 Å². The van der Waals surface area contributed by atoms with Crippen LogP contribution in [-0.2, 0) is 11.3 Å². The van der Waals surface area contributed by atoms with Crippen molar-refractivity contribution in [2.45, 2.75) is 38.8 Å². The number of rotatable bonds is 8. The molecule has 0 fully saturated rings. The normalized spacial score (nSPS) is 12.2. The van der Waals surface area contributed by atoms with E-state index in [1.54, 1.807) is 7.11 Å². The summed E-state index contributed by atoms with van der Waals surface area (Å²) in [6, 6.07) is 7.53. The van der Waals surface area contributed by atoms with Gasteiger partial charge >= 0.3 is 0 Å². The summed E-state index contributed by atoms with van der Waals surface area (Å²) in [5.74, 6) is -0.0653. The topological polar surface area (TPSA) is 64.3 Å². The number of carbonyl (C=O) groups is 1. The van der Waals surface area contributed by atoms with E-state index in [4.69, 9.17) is 10.5 Å². The Morgan fingerprint density at radius 2 is 2.26 bits per heavy atom. The predicted octanol–water partition coefficient (Wildman–Crippen LogP) is 2.08. The van der Waals surface area contributed by atoms with Gasteiger partial charge < -0.3 is 15.8 Å². The third-order valence-corrected chi connectivity index (χ3v) is 3.03. The van der Waals surface area contributed by atoms with Crippen molar-refractivity contribution < 1.29 is 9.53 Å². The molecule has 0 radical (unpaired) electrons. The smallest absolute Gasteiger partial charge is 0.251 e. The van der Waals surface area contributed by atoms with Crippen molar-refractivity contribution >= 4 is 5.91 Å². The van der Waals surface area contributed by atoms with Crippen LogP contribution >= 0.6 is 0 Å². The third-order valence-electron chi connectivity index (χ3n) is 3.03. The van der Waals surface area contributed by atoms with E-state index in [0.29, 0.717) is 18.7 Å². The third kappa shape index (κ3) is 5.41. The zero-order chi connectivity index (χ0) is 14.1. The summed E-state index contributed by atoms with van der Waals surface area (Å²) in [6.07, 6.45) is 3.11. The van der Waals surface area contributed by atoms with Crippen molar-refractivity contribution in [3.05, 3.63) is 35.4 Å². The van der Waals surface area contributed by atoms with Gasteiger partial charge in [-0.15, -0.1) is 0 Å². The Morgan fingerprint density at radius 1 is 1.47 bits per heavy atom. The Balaban J connectivity index is 2.63. The van der Waals surface area contributed by atoms with Crippen LogP contribution in [0.2, 0.25) is 0 Å². The molecule has 1 rings (SSSR count). The SMILES string of the molecule is CCCCC(CN)NC(=O)c1cccc(COC)c1. The van der Waals surface area contributed by atoms with Crippen molar-refractivity contribution in [2.24, 2.45) is 5.73 Å². The van der Waals surface area contributed by atoms with E-state index in [1.807, 2.05) is 24.3 Å². The number of benzene rings is 1. The van der Waals surface area contributed by atoms with Crippen molar-refractivity contribution in [1.29, 1.82) is 0 Å². The number of ether oxygens (including phenoxy) is 1. The largest absolute Gasteiger partial charge is 0.380 e. The molecule has 4 heteroatoms. The average molecular weight is 264 g/mol. The Morgan fingerprint density at radius 3 is 2.89 bits per heavy atom. The number of methoxy groups -OCH3 is 1. The fourth-order valence-electron chi connectivity index (χ4n) is 1.94. The lowest BCUT2D eigenvalue weighted by Crippen LogP contribution is -2.40. The maximum Gasteiger partial charge on any atom is 0.251 e. The van der Waals surface area contributed by atoms with Crippen molar-refractivity contribution in [3.63, 3.8) is 0 Å². The molecule has 0 saturated carbocycles. The van der Waals surface area contributed by atoms with Gasteiger partial charge in [0, 0.05) is 25.3 Å². The molecule has 106 valence electrons. The highest BCUT2D eigenvalue weighted by atomic mass is 16.5. The van der Waals surface area contributed by atoms with E-state index in [2.05, 4.69) is 12.2 Å². The highest BCUT2D eigenvalue weighted by Crippen LogP contribution is 2.07. The van der Waals surface area contributed by atoms with Gasteiger partial charge in [0.05, 0.1) is 6.61 Å². The number of hydrogen-bond donors (Lipinski definition) is 2. The Bertz CT molecular complexity index is 393. The minimum atomic E-state index is -0.0653. The number of nitrogens with one attached hydrogen (secondary N) is 1. The highest BCUT2D eigenvalue weighted by Gasteiger charge is 2.12. The van der Waals surface area contributed by atoms with Crippen LogP contribution < -0.4 is 11.1 Å². The van der Waals surface area contributed by atoms with Crippen LogP contribution in [0.3, 0.4) is 0 Å². The van der Waals surface area contributed by atoms with Gasteiger partial charge in [-0.1, -0.05) is 31.9 Å². The number of hydrogen-bond acceptors (Lipinski definition) is 3. The number of amides is 1. The van der Waals surface area contributed by atoms with Gasteiger partial charge in [0.1, 0.15) is 0 Å². The van der Waals surface area contributed by atoms with Crippen molar-refractivity contribution in [3.8, 4) is 0 Å². The molecular formula is C15H24N2O2. The van der Waals surface area contributed by atoms with Crippen LogP contribution in [0.25, 0.3) is 0 Å². The van der Waals surface area contributed by atoms with E-state index < -0.39 is 0 Å². The maximum absolute atomic E-state index is 12.1. The molecule has 1 aromatic rings. The van der Waals surface area contributed by atoms with Gasteiger partial charge in [-0.25, -0.2) is 0 Å². The Kier molecular flexibility index (Phi) is 7.15. The molecule has 0 bridgehead atoms. The molecule has 1 atom stereocenters. The molecule has 0 heterocycles. The highest BCUT2D eigenvalue weighted by molar-refractivity contribution is 5.94. The molecule has 19 heavy (non-hydrogen) atoms. The Labute approximate surface area is 115 Å². The zero-order valence-corrected chi connectivity index (χ0v) is 11.8. The Hall–Kier alpha value is -1.39. The minimum Gasteiger partial charge on any atom is -0.380 e. The molecule has 0 saturated heterocycles. The molecule has 3 N–H and O–H groups in total. The monoisotopic (exact) mass is 264 g/mol. The first-order chi connectivity index (χ1) is 9.21. The second-order valence-electron chi connectivity index (χ2n) is 4.68. The first-order valence-corrected chi connectivity index (χ1v) is 6.80. The van der Waals surface area contributed by atoms with Gasteiger partial charge in [0.25, 0.3) is 5.91 Å². The van der Waals surface area contributed by atoms with E-state index in [9.17, 15) is 4.79 Å². The van der Waals surface area contributed by atoms with Gasteiger partial charge in [-0.2, -0.15) is 0 Å². The average Bonchev–Trinajstić information content (AvgIpc) is 2.44. The first kappa shape index (κ1) is 15.7. The molecule has 0 aliphatic heterocycles. The predicted molar refractivity (Wildman–Crippen MR) is 77.0 cm³/mol. The molecule has 1 unspecified atom stereocenters. The molecule has 0 spiro atoms. The van der Waals surface area contributed by atoms with Gasteiger partial charge in [0.15, 0.2) is 0 Å². The summed E-state index contributed by atoms with van der Waals surface area (Å²) in [7, 11) is 1.64. The van der Waals surface area contributed by atoms with Crippen molar-refractivity contribution in [1.82, 2.24) is 5.32 Å². The quantitative estimate of drug-likeness (QED) is 0.755. The molecule has 4 nitrogen and oxygen atoms in total. The van der Waals surface area contributed by atoms with Crippen LogP contribution in [0.4, 0.5) is 0 Å². The lowest BCUT2D eigenvalue weighted by molar-refractivity contribution is 0.0935. The molecule has 1 amide bonds. The second kappa shape index (κ2) is 8.67. The molecule has 0 aromatic heterocycles. The van der Waals surface area contributed by atoms with Crippen molar-refractivity contribution in [2.75, 3.05) is 13.7 Å². The fourth-order valence-corrected chi connectivity index (χ4v) is 1.94. The van der Waals surface area contributed by atoms with Crippen LogP contribution in [0.5, 0.6) is 0 Å². The second-order valence-corrected chi connectivity index (χ2v) is 4.68. The summed E-state index contributed by atoms with van der Waals surface area (Å²) >= 11 is 0. The summed E-state index contributed by atoms with van der Waals surface area (Å²) in [4.78, 5) is 12.1. The van der Waals surface area contributed by atoms with E-state index in [-0.39, 0.29) is 11.9 Å².